The quantitative estimate of drug-likeness (QED) is 0.209. The normalized spacial score (nSPS) is 16.8. The van der Waals surface area contributed by atoms with Crippen molar-refractivity contribution in [2.45, 2.75) is 39.0 Å². The number of nitro groups is 1. The number of methoxy groups -OCH3 is 2. The summed E-state index contributed by atoms with van der Waals surface area (Å²) in [6.07, 6.45) is 1.05. The zero-order valence-electron chi connectivity index (χ0n) is 10.9. The molecule has 0 amide bonds. The summed E-state index contributed by atoms with van der Waals surface area (Å²) in [7, 11) is 3.10. The molecule has 0 heterocycles. The molecule has 0 aromatic carbocycles. The first kappa shape index (κ1) is 17.1. The van der Waals surface area contributed by atoms with Gasteiger partial charge in [0, 0.05) is 41.8 Å². The lowest BCUT2D eigenvalue weighted by Gasteiger charge is -2.24. The minimum atomic E-state index is -0.530. The second-order valence-corrected chi connectivity index (χ2v) is 5.42. The van der Waals surface area contributed by atoms with Gasteiger partial charge in [0.1, 0.15) is 0 Å². The van der Waals surface area contributed by atoms with E-state index in [4.69, 9.17) is 9.47 Å². The van der Waals surface area contributed by atoms with Gasteiger partial charge in [-0.2, -0.15) is 0 Å². The maximum atomic E-state index is 11.1. The van der Waals surface area contributed by atoms with E-state index in [1.807, 2.05) is 13.8 Å². The smallest absolute Gasteiger partial charge is 0.218 e. The summed E-state index contributed by atoms with van der Waals surface area (Å²) in [5, 5.41) is 11.1. The molecule has 0 N–H and O–H groups in total. The summed E-state index contributed by atoms with van der Waals surface area (Å²) < 4.78 is 11.1. The van der Waals surface area contributed by atoms with Crippen molar-refractivity contribution >= 4 is 22.6 Å². The van der Waals surface area contributed by atoms with E-state index in [1.165, 1.54) is 0 Å². The molecule has 0 bridgehead atoms. The number of halogens is 1. The molecule has 0 aliphatic heterocycles. The van der Waals surface area contributed by atoms with Crippen molar-refractivity contribution in [2.24, 2.45) is 11.8 Å². The molecule has 0 rings (SSSR count). The topological polar surface area (TPSA) is 61.6 Å². The van der Waals surface area contributed by atoms with E-state index in [2.05, 4.69) is 22.6 Å². The van der Waals surface area contributed by atoms with Crippen LogP contribution in [0, 0.1) is 22.0 Å². The third-order valence-electron chi connectivity index (χ3n) is 3.06. The highest BCUT2D eigenvalue weighted by Gasteiger charge is 2.34. The highest BCUT2D eigenvalue weighted by Crippen LogP contribution is 2.24. The molecule has 0 aromatic rings. The summed E-state index contributed by atoms with van der Waals surface area (Å²) in [6, 6.07) is -0.530. The van der Waals surface area contributed by atoms with Gasteiger partial charge in [-0.05, 0) is 6.42 Å². The van der Waals surface area contributed by atoms with Crippen LogP contribution < -0.4 is 0 Å². The molecule has 0 saturated carbocycles. The standard InChI is InChI=1S/C11H22INO4/c1-8(5-6-12)11(13(14)15)9(2)7-10(16-3)17-4/h8-11H,5-7H2,1-4H3/t8-,9+,11?/m0/s1. The molecule has 3 atom stereocenters. The SMILES string of the molecule is COC(C[C@@H](C)C([C@@H](C)CCI)[N+](=O)[O-])OC. The average molecular weight is 359 g/mol. The van der Waals surface area contributed by atoms with Crippen molar-refractivity contribution in [3.8, 4) is 0 Å². The minimum absolute atomic E-state index is 0.0622. The molecule has 6 heteroatoms. The van der Waals surface area contributed by atoms with Crippen LogP contribution in [0.1, 0.15) is 26.7 Å². The van der Waals surface area contributed by atoms with Crippen LogP contribution in [-0.2, 0) is 9.47 Å². The van der Waals surface area contributed by atoms with E-state index in [9.17, 15) is 10.1 Å². The lowest BCUT2D eigenvalue weighted by atomic mass is 9.87. The van der Waals surface area contributed by atoms with Crippen LogP contribution in [-0.4, -0.2) is 35.9 Å². The van der Waals surface area contributed by atoms with Gasteiger partial charge >= 0.3 is 0 Å². The van der Waals surface area contributed by atoms with Gasteiger partial charge in [-0.25, -0.2) is 0 Å². The summed E-state index contributed by atoms with van der Waals surface area (Å²) in [6.45, 7) is 3.83. The molecule has 102 valence electrons. The van der Waals surface area contributed by atoms with Crippen molar-refractivity contribution in [3.05, 3.63) is 10.1 Å². The Hall–Kier alpha value is 0.0500. The zero-order valence-corrected chi connectivity index (χ0v) is 13.0. The molecule has 0 spiro atoms. The molecule has 1 unspecified atom stereocenters. The van der Waals surface area contributed by atoms with Crippen molar-refractivity contribution in [3.63, 3.8) is 0 Å². The van der Waals surface area contributed by atoms with Crippen molar-refractivity contribution in [1.29, 1.82) is 0 Å². The van der Waals surface area contributed by atoms with E-state index in [-0.39, 0.29) is 23.0 Å². The first-order chi connectivity index (χ1) is 7.97. The Kier molecular flexibility index (Phi) is 9.07. The third-order valence-corrected chi connectivity index (χ3v) is 3.69. The molecule has 0 aliphatic carbocycles. The number of hydrogen-bond donors (Lipinski definition) is 0. The fourth-order valence-corrected chi connectivity index (χ4v) is 3.03. The second-order valence-electron chi connectivity index (χ2n) is 4.34. The molecule has 0 aromatic heterocycles. The molecule has 0 saturated heterocycles. The van der Waals surface area contributed by atoms with Gasteiger partial charge < -0.3 is 9.47 Å². The Morgan fingerprint density at radius 1 is 1.24 bits per heavy atom. The molecule has 5 nitrogen and oxygen atoms in total. The number of hydrogen-bond acceptors (Lipinski definition) is 4. The van der Waals surface area contributed by atoms with Crippen molar-refractivity contribution < 1.29 is 14.4 Å². The molecule has 0 fully saturated rings. The Balaban J connectivity index is 4.53. The summed E-state index contributed by atoms with van der Waals surface area (Å²) in [4.78, 5) is 11.0. The van der Waals surface area contributed by atoms with Crippen LogP contribution >= 0.6 is 22.6 Å². The van der Waals surface area contributed by atoms with Crippen LogP contribution in [0.4, 0.5) is 0 Å². The van der Waals surface area contributed by atoms with E-state index in [0.29, 0.717) is 6.42 Å². The molecule has 0 radical (unpaired) electrons. The van der Waals surface area contributed by atoms with Crippen molar-refractivity contribution in [1.82, 2.24) is 0 Å². The maximum Gasteiger partial charge on any atom is 0.218 e. The van der Waals surface area contributed by atoms with E-state index in [1.54, 1.807) is 14.2 Å². The second kappa shape index (κ2) is 9.04. The average Bonchev–Trinajstić information content (AvgIpc) is 2.25. The summed E-state index contributed by atoms with van der Waals surface area (Å²) in [5.41, 5.74) is 0. The highest BCUT2D eigenvalue weighted by atomic mass is 127. The Bertz CT molecular complexity index is 224. The van der Waals surface area contributed by atoms with E-state index in [0.717, 1.165) is 10.8 Å². The van der Waals surface area contributed by atoms with Gasteiger partial charge in [0.2, 0.25) is 6.04 Å². The van der Waals surface area contributed by atoms with Crippen molar-refractivity contribution in [2.75, 3.05) is 18.6 Å². The Morgan fingerprint density at radius 3 is 2.12 bits per heavy atom. The predicted octanol–water partition coefficient (Wildman–Crippen LogP) is 2.74. The highest BCUT2D eigenvalue weighted by molar-refractivity contribution is 14.1. The largest absolute Gasteiger partial charge is 0.356 e. The van der Waals surface area contributed by atoms with Gasteiger partial charge in [0.25, 0.3) is 0 Å². The first-order valence-corrected chi connectivity index (χ1v) is 7.25. The number of ether oxygens (including phenoxy) is 2. The lowest BCUT2D eigenvalue weighted by Crippen LogP contribution is -2.36. The van der Waals surface area contributed by atoms with E-state index >= 15 is 0 Å². The van der Waals surface area contributed by atoms with Gasteiger partial charge in [-0.3, -0.25) is 10.1 Å². The predicted molar refractivity (Wildman–Crippen MR) is 75.0 cm³/mol. The molecular weight excluding hydrogens is 337 g/mol. The van der Waals surface area contributed by atoms with Crippen LogP contribution in [0.3, 0.4) is 0 Å². The van der Waals surface area contributed by atoms with Crippen LogP contribution in [0.5, 0.6) is 0 Å². The molecule has 0 aliphatic rings. The summed E-state index contributed by atoms with van der Waals surface area (Å²) in [5.74, 6) is 0.0131. The van der Waals surface area contributed by atoms with Crippen LogP contribution in [0.2, 0.25) is 0 Å². The van der Waals surface area contributed by atoms with Gasteiger partial charge in [-0.15, -0.1) is 0 Å². The lowest BCUT2D eigenvalue weighted by molar-refractivity contribution is -0.541. The van der Waals surface area contributed by atoms with Crippen LogP contribution in [0.25, 0.3) is 0 Å². The van der Waals surface area contributed by atoms with Crippen LogP contribution in [0.15, 0.2) is 0 Å². The zero-order chi connectivity index (χ0) is 13.4. The monoisotopic (exact) mass is 359 g/mol. The Morgan fingerprint density at radius 2 is 1.76 bits per heavy atom. The number of nitrogens with zero attached hydrogens (tertiary/aromatic N) is 1. The molecule has 17 heavy (non-hydrogen) atoms. The molecular formula is C11H22INO4. The number of alkyl halides is 1. The fourth-order valence-electron chi connectivity index (χ4n) is 2.05. The van der Waals surface area contributed by atoms with E-state index < -0.39 is 6.04 Å². The fraction of sp³-hybridized carbons (Fsp3) is 1.00. The maximum absolute atomic E-state index is 11.1. The summed E-state index contributed by atoms with van der Waals surface area (Å²) >= 11 is 2.25. The Labute approximate surface area is 117 Å². The van der Waals surface area contributed by atoms with Gasteiger partial charge in [-0.1, -0.05) is 36.4 Å². The third kappa shape index (κ3) is 5.96. The minimum Gasteiger partial charge on any atom is -0.356 e. The first-order valence-electron chi connectivity index (χ1n) is 5.72. The van der Waals surface area contributed by atoms with Gasteiger partial charge in [0.05, 0.1) is 0 Å². The van der Waals surface area contributed by atoms with Gasteiger partial charge in [0.15, 0.2) is 6.29 Å². The number of rotatable bonds is 9.